The van der Waals surface area contributed by atoms with Crippen molar-refractivity contribution in [2.24, 2.45) is 5.18 Å². The number of aryl methyl sites for hydroxylation is 1. The Morgan fingerprint density at radius 2 is 1.96 bits per heavy atom. The predicted octanol–water partition coefficient (Wildman–Crippen LogP) is 5.85. The summed E-state index contributed by atoms with van der Waals surface area (Å²) in [4.78, 5) is 20.0. The molecule has 28 heavy (non-hydrogen) atoms. The van der Waals surface area contributed by atoms with Gasteiger partial charge in [-0.1, -0.05) is 60.6 Å². The molecule has 0 fully saturated rings. The molecule has 0 saturated heterocycles. The van der Waals surface area contributed by atoms with Crippen molar-refractivity contribution in [2.75, 3.05) is 0 Å². The molecule has 0 atom stereocenters. The average Bonchev–Trinajstić information content (AvgIpc) is 3.03. The highest BCUT2D eigenvalue weighted by molar-refractivity contribution is 6.29. The van der Waals surface area contributed by atoms with Crippen LogP contribution in [-0.2, 0) is 6.54 Å². The number of imidazole rings is 1. The second-order valence-electron chi connectivity index (χ2n) is 6.50. The lowest BCUT2D eigenvalue weighted by Gasteiger charge is -2.14. The number of nitroso groups, excluding NO2 is 1. The van der Waals surface area contributed by atoms with Gasteiger partial charge in [-0.15, -0.1) is 4.91 Å². The van der Waals surface area contributed by atoms with E-state index in [0.29, 0.717) is 28.9 Å². The van der Waals surface area contributed by atoms with E-state index < -0.39 is 0 Å². The Hall–Kier alpha value is -3.31. The lowest BCUT2D eigenvalue weighted by Crippen LogP contribution is -2.06. The van der Waals surface area contributed by atoms with Gasteiger partial charge in [-0.05, 0) is 40.6 Å². The SMILES string of the molecule is C=C(N=O)c1c(C)nc(-c2ccnc(Cl)c2)n1Cc1cccc2ccccc12. The zero-order chi connectivity index (χ0) is 19.7. The summed E-state index contributed by atoms with van der Waals surface area (Å²) < 4.78 is 1.96. The summed E-state index contributed by atoms with van der Waals surface area (Å²) in [6.45, 7) is 6.18. The van der Waals surface area contributed by atoms with Crippen LogP contribution in [0.2, 0.25) is 5.15 Å². The number of hydrogen-bond donors (Lipinski definition) is 0. The third-order valence-electron chi connectivity index (χ3n) is 4.72. The molecule has 6 heteroatoms. The Morgan fingerprint density at radius 3 is 2.75 bits per heavy atom. The summed E-state index contributed by atoms with van der Waals surface area (Å²) in [7, 11) is 0. The number of halogens is 1. The molecule has 0 bridgehead atoms. The molecule has 4 rings (SSSR count). The second kappa shape index (κ2) is 7.37. The van der Waals surface area contributed by atoms with Gasteiger partial charge in [-0.3, -0.25) is 0 Å². The molecular formula is C22H17ClN4O. The highest BCUT2D eigenvalue weighted by atomic mass is 35.5. The zero-order valence-corrected chi connectivity index (χ0v) is 16.0. The van der Waals surface area contributed by atoms with Crippen LogP contribution in [0.25, 0.3) is 27.9 Å². The quantitative estimate of drug-likeness (QED) is 0.318. The van der Waals surface area contributed by atoms with Crippen LogP contribution in [0, 0.1) is 11.8 Å². The van der Waals surface area contributed by atoms with Crippen molar-refractivity contribution in [2.45, 2.75) is 13.5 Å². The van der Waals surface area contributed by atoms with Crippen LogP contribution < -0.4 is 0 Å². The van der Waals surface area contributed by atoms with Gasteiger partial charge in [0.2, 0.25) is 0 Å². The van der Waals surface area contributed by atoms with Crippen LogP contribution in [0.15, 0.2) is 72.5 Å². The number of fused-ring (bicyclic) bond motifs is 1. The van der Waals surface area contributed by atoms with Crippen molar-refractivity contribution in [1.29, 1.82) is 0 Å². The minimum absolute atomic E-state index is 0.150. The lowest BCUT2D eigenvalue weighted by molar-refractivity contribution is 0.798. The van der Waals surface area contributed by atoms with E-state index in [0.717, 1.165) is 21.9 Å². The minimum Gasteiger partial charge on any atom is -0.318 e. The monoisotopic (exact) mass is 388 g/mol. The first-order chi connectivity index (χ1) is 13.6. The number of nitrogens with zero attached hydrogens (tertiary/aromatic N) is 4. The van der Waals surface area contributed by atoms with Crippen LogP contribution >= 0.6 is 11.6 Å². The van der Waals surface area contributed by atoms with Crippen LogP contribution in [-0.4, -0.2) is 14.5 Å². The van der Waals surface area contributed by atoms with Gasteiger partial charge in [0, 0.05) is 11.8 Å². The van der Waals surface area contributed by atoms with E-state index >= 15 is 0 Å². The number of pyridine rings is 1. The molecule has 0 aliphatic carbocycles. The Balaban J connectivity index is 1.93. The summed E-state index contributed by atoms with van der Waals surface area (Å²) in [5, 5.41) is 5.74. The van der Waals surface area contributed by atoms with Crippen LogP contribution in [0.4, 0.5) is 0 Å². The fourth-order valence-corrected chi connectivity index (χ4v) is 3.67. The molecular weight excluding hydrogens is 372 g/mol. The zero-order valence-electron chi connectivity index (χ0n) is 15.3. The van der Waals surface area contributed by atoms with E-state index in [1.807, 2.05) is 35.8 Å². The van der Waals surface area contributed by atoms with Crippen molar-refractivity contribution >= 4 is 28.1 Å². The van der Waals surface area contributed by atoms with Gasteiger partial charge in [-0.2, -0.15) is 0 Å². The molecule has 2 heterocycles. The molecule has 5 nitrogen and oxygen atoms in total. The Labute approximate surface area is 167 Å². The number of rotatable bonds is 5. The molecule has 0 spiro atoms. The largest absolute Gasteiger partial charge is 0.318 e. The maximum Gasteiger partial charge on any atom is 0.141 e. The van der Waals surface area contributed by atoms with Crippen LogP contribution in [0.1, 0.15) is 17.0 Å². The van der Waals surface area contributed by atoms with Gasteiger partial charge in [0.1, 0.15) is 16.7 Å². The van der Waals surface area contributed by atoms with Gasteiger partial charge in [0.15, 0.2) is 0 Å². The summed E-state index contributed by atoms with van der Waals surface area (Å²) in [6, 6.07) is 18.0. The molecule has 2 aromatic carbocycles. The van der Waals surface area contributed by atoms with Gasteiger partial charge in [0.05, 0.1) is 17.9 Å². The van der Waals surface area contributed by atoms with Gasteiger partial charge in [0.25, 0.3) is 0 Å². The minimum atomic E-state index is 0.150. The summed E-state index contributed by atoms with van der Waals surface area (Å²) in [5.74, 6) is 0.689. The number of hydrogen-bond acceptors (Lipinski definition) is 4. The smallest absolute Gasteiger partial charge is 0.141 e. The van der Waals surface area contributed by atoms with Gasteiger partial charge < -0.3 is 4.57 Å². The molecule has 0 unspecified atom stereocenters. The first-order valence-electron chi connectivity index (χ1n) is 8.77. The first kappa shape index (κ1) is 18.1. The Kier molecular flexibility index (Phi) is 4.75. The van der Waals surface area contributed by atoms with E-state index in [1.54, 1.807) is 12.3 Å². The first-order valence-corrected chi connectivity index (χ1v) is 9.14. The maximum atomic E-state index is 11.3. The fourth-order valence-electron chi connectivity index (χ4n) is 3.50. The highest BCUT2D eigenvalue weighted by Gasteiger charge is 2.20. The van der Waals surface area contributed by atoms with Crippen molar-refractivity contribution in [3.8, 4) is 11.4 Å². The predicted molar refractivity (Wildman–Crippen MR) is 113 cm³/mol. The van der Waals surface area contributed by atoms with Crippen molar-refractivity contribution in [3.05, 3.63) is 94.4 Å². The summed E-state index contributed by atoms with van der Waals surface area (Å²) in [6.07, 6.45) is 1.64. The summed E-state index contributed by atoms with van der Waals surface area (Å²) in [5.41, 5.74) is 3.38. The van der Waals surface area contributed by atoms with Crippen LogP contribution in [0.3, 0.4) is 0 Å². The molecule has 0 radical (unpaired) electrons. The van der Waals surface area contributed by atoms with E-state index in [4.69, 9.17) is 11.6 Å². The second-order valence-corrected chi connectivity index (χ2v) is 6.89. The topological polar surface area (TPSA) is 60.1 Å². The van der Waals surface area contributed by atoms with E-state index in [1.165, 1.54) is 0 Å². The molecule has 0 N–H and O–H groups in total. The number of benzene rings is 2. The third kappa shape index (κ3) is 3.21. The fraction of sp³-hybridized carbons (Fsp3) is 0.0909. The average molecular weight is 389 g/mol. The maximum absolute atomic E-state index is 11.3. The Bertz CT molecular complexity index is 1210. The van der Waals surface area contributed by atoms with Crippen LogP contribution in [0.5, 0.6) is 0 Å². The molecule has 0 aliphatic heterocycles. The molecule has 2 aromatic heterocycles. The normalized spacial score (nSPS) is 10.9. The molecule has 0 amide bonds. The van der Waals surface area contributed by atoms with Gasteiger partial charge in [-0.25, -0.2) is 9.97 Å². The van der Waals surface area contributed by atoms with Gasteiger partial charge >= 0.3 is 0 Å². The molecule has 0 aliphatic rings. The third-order valence-corrected chi connectivity index (χ3v) is 4.93. The van der Waals surface area contributed by atoms with E-state index in [9.17, 15) is 4.91 Å². The molecule has 4 aromatic rings. The van der Waals surface area contributed by atoms with Crippen molar-refractivity contribution in [3.63, 3.8) is 0 Å². The van der Waals surface area contributed by atoms with E-state index in [-0.39, 0.29) is 5.70 Å². The lowest BCUT2D eigenvalue weighted by atomic mass is 10.0. The van der Waals surface area contributed by atoms with Crippen molar-refractivity contribution < 1.29 is 0 Å². The standard InChI is InChI=1S/C22H17ClN4O/c1-14-21(15(2)26-28)27(22(25-14)17-10-11-24-20(23)12-17)13-18-8-5-7-16-6-3-4-9-19(16)18/h3-12H,2,13H2,1H3. The summed E-state index contributed by atoms with van der Waals surface area (Å²) >= 11 is 6.09. The molecule has 138 valence electrons. The van der Waals surface area contributed by atoms with Crippen molar-refractivity contribution in [1.82, 2.24) is 14.5 Å². The van der Waals surface area contributed by atoms with E-state index in [2.05, 4.69) is 46.0 Å². The number of aromatic nitrogens is 3. The highest BCUT2D eigenvalue weighted by Crippen LogP contribution is 2.30. The molecule has 0 saturated carbocycles. The Morgan fingerprint density at radius 1 is 1.18 bits per heavy atom.